The van der Waals surface area contributed by atoms with E-state index in [1.54, 1.807) is 0 Å². The van der Waals surface area contributed by atoms with Crippen LogP contribution in [0.25, 0.3) is 0 Å². The zero-order valence-corrected chi connectivity index (χ0v) is 10.4. The molecule has 0 aliphatic heterocycles. The first kappa shape index (κ1) is 12.4. The maximum absolute atomic E-state index is 10.5. The standard InChI is InChI=1S/C8H15Br2NO/c1-2-3-4-5-6-7(9)11-8(10)12/h7H,2-6H2,1H3,(H,11,12). The summed E-state index contributed by atoms with van der Waals surface area (Å²) < 4.78 is 0. The van der Waals surface area contributed by atoms with Crippen molar-refractivity contribution < 1.29 is 4.79 Å². The fraction of sp³-hybridized carbons (Fsp3) is 0.875. The highest BCUT2D eigenvalue weighted by molar-refractivity contribution is 9.18. The van der Waals surface area contributed by atoms with Gasteiger partial charge < -0.3 is 5.32 Å². The van der Waals surface area contributed by atoms with Crippen LogP contribution in [0.15, 0.2) is 0 Å². The minimum Gasteiger partial charge on any atom is -0.334 e. The number of unbranched alkanes of at least 4 members (excludes halogenated alkanes) is 3. The molecule has 0 bridgehead atoms. The van der Waals surface area contributed by atoms with Crippen molar-refractivity contribution in [3.63, 3.8) is 0 Å². The second-order valence-electron chi connectivity index (χ2n) is 2.73. The zero-order chi connectivity index (χ0) is 9.40. The second-order valence-corrected chi connectivity index (χ2v) is 4.56. The highest BCUT2D eigenvalue weighted by atomic mass is 79.9. The first-order valence-electron chi connectivity index (χ1n) is 4.27. The number of hydrogen-bond donors (Lipinski definition) is 1. The molecular weight excluding hydrogens is 286 g/mol. The number of carbonyl (C=O) groups excluding carboxylic acids is 1. The highest BCUT2D eigenvalue weighted by Crippen LogP contribution is 2.10. The van der Waals surface area contributed by atoms with Gasteiger partial charge in [0.05, 0.1) is 4.95 Å². The van der Waals surface area contributed by atoms with Gasteiger partial charge in [-0.1, -0.05) is 48.5 Å². The van der Waals surface area contributed by atoms with Crippen molar-refractivity contribution in [3.05, 3.63) is 0 Å². The first-order valence-corrected chi connectivity index (χ1v) is 5.97. The fourth-order valence-electron chi connectivity index (χ4n) is 0.946. The number of carbonyl (C=O) groups is 1. The number of rotatable bonds is 6. The predicted octanol–water partition coefficient (Wildman–Crippen LogP) is 3.78. The summed E-state index contributed by atoms with van der Waals surface area (Å²) >= 11 is 6.19. The molecule has 1 unspecified atom stereocenters. The average Bonchev–Trinajstić information content (AvgIpc) is 1.97. The van der Waals surface area contributed by atoms with Crippen molar-refractivity contribution in [3.8, 4) is 0 Å². The highest BCUT2D eigenvalue weighted by Gasteiger charge is 2.04. The molecule has 0 spiro atoms. The summed E-state index contributed by atoms with van der Waals surface area (Å²) in [7, 11) is 0. The summed E-state index contributed by atoms with van der Waals surface area (Å²) in [5, 5.41) is 2.71. The summed E-state index contributed by atoms with van der Waals surface area (Å²) in [5.41, 5.74) is 0. The minimum absolute atomic E-state index is 0.112. The van der Waals surface area contributed by atoms with Gasteiger partial charge in [0.15, 0.2) is 0 Å². The lowest BCUT2D eigenvalue weighted by Gasteiger charge is -2.08. The van der Waals surface area contributed by atoms with Crippen molar-refractivity contribution in [2.75, 3.05) is 0 Å². The summed E-state index contributed by atoms with van der Waals surface area (Å²) in [5.74, 6) is 0. The Morgan fingerprint density at radius 1 is 1.42 bits per heavy atom. The quantitative estimate of drug-likeness (QED) is 0.344. The average molecular weight is 301 g/mol. The molecule has 2 nitrogen and oxygen atoms in total. The normalized spacial score (nSPS) is 12.6. The minimum atomic E-state index is -0.153. The number of hydrogen-bond acceptors (Lipinski definition) is 1. The van der Waals surface area contributed by atoms with E-state index in [9.17, 15) is 4.79 Å². The van der Waals surface area contributed by atoms with Gasteiger partial charge in [0, 0.05) is 15.9 Å². The van der Waals surface area contributed by atoms with E-state index in [0.29, 0.717) is 0 Å². The number of amides is 1. The van der Waals surface area contributed by atoms with Gasteiger partial charge in [-0.2, -0.15) is 0 Å². The van der Waals surface area contributed by atoms with Crippen molar-refractivity contribution in [2.24, 2.45) is 0 Å². The van der Waals surface area contributed by atoms with Crippen LogP contribution in [-0.2, 0) is 0 Å². The molecule has 0 aliphatic rings. The number of halogens is 2. The van der Waals surface area contributed by atoms with Crippen LogP contribution in [0.2, 0.25) is 0 Å². The van der Waals surface area contributed by atoms with Gasteiger partial charge in [-0.15, -0.1) is 0 Å². The summed E-state index contributed by atoms with van der Waals surface area (Å²) in [6.45, 7) is 2.19. The van der Waals surface area contributed by atoms with E-state index in [-0.39, 0.29) is 9.77 Å². The van der Waals surface area contributed by atoms with E-state index < -0.39 is 0 Å². The fourth-order valence-corrected chi connectivity index (χ4v) is 2.06. The van der Waals surface area contributed by atoms with Gasteiger partial charge in [-0.25, -0.2) is 0 Å². The summed E-state index contributed by atoms with van der Waals surface area (Å²) in [4.78, 5) is 10.5. The van der Waals surface area contributed by atoms with Crippen LogP contribution in [0.5, 0.6) is 0 Å². The van der Waals surface area contributed by atoms with E-state index in [1.165, 1.54) is 19.3 Å². The molecule has 0 aliphatic carbocycles. The largest absolute Gasteiger partial charge is 0.334 e. The molecule has 1 atom stereocenters. The zero-order valence-electron chi connectivity index (χ0n) is 7.28. The molecular formula is C8H15Br2NO. The van der Waals surface area contributed by atoms with Gasteiger partial charge in [0.25, 0.3) is 4.82 Å². The third kappa shape index (κ3) is 8.53. The maximum Gasteiger partial charge on any atom is 0.288 e. The molecule has 1 amide bonds. The molecule has 0 fully saturated rings. The Morgan fingerprint density at radius 3 is 2.58 bits per heavy atom. The Bertz CT molecular complexity index is 130. The van der Waals surface area contributed by atoms with Gasteiger partial charge in [-0.05, 0) is 6.42 Å². The van der Waals surface area contributed by atoms with Crippen LogP contribution in [-0.4, -0.2) is 9.77 Å². The van der Waals surface area contributed by atoms with Gasteiger partial charge in [0.1, 0.15) is 0 Å². The Morgan fingerprint density at radius 2 is 2.08 bits per heavy atom. The topological polar surface area (TPSA) is 29.1 Å². The molecule has 1 N–H and O–H groups in total. The van der Waals surface area contributed by atoms with E-state index in [2.05, 4.69) is 44.1 Å². The van der Waals surface area contributed by atoms with Crippen molar-refractivity contribution >= 4 is 36.7 Å². The van der Waals surface area contributed by atoms with Crippen LogP contribution in [0.1, 0.15) is 39.0 Å². The first-order chi connectivity index (χ1) is 5.66. The molecule has 0 aromatic rings. The molecule has 0 radical (unpaired) electrons. The summed E-state index contributed by atoms with van der Waals surface area (Å²) in [6, 6.07) is 0. The van der Waals surface area contributed by atoms with Gasteiger partial charge in [0.2, 0.25) is 0 Å². The van der Waals surface area contributed by atoms with Crippen LogP contribution in [0, 0.1) is 0 Å². The van der Waals surface area contributed by atoms with Crippen molar-refractivity contribution in [1.29, 1.82) is 0 Å². The SMILES string of the molecule is CCCCCCC(Br)NC(=O)Br. The lowest BCUT2D eigenvalue weighted by Crippen LogP contribution is -2.24. The summed E-state index contributed by atoms with van der Waals surface area (Å²) in [6.07, 6.45) is 5.94. The number of nitrogens with one attached hydrogen (secondary N) is 1. The van der Waals surface area contributed by atoms with E-state index in [1.807, 2.05) is 0 Å². The maximum atomic E-state index is 10.5. The van der Waals surface area contributed by atoms with Crippen LogP contribution in [0.3, 0.4) is 0 Å². The smallest absolute Gasteiger partial charge is 0.288 e. The number of alkyl halides is 1. The van der Waals surface area contributed by atoms with E-state index in [0.717, 1.165) is 12.8 Å². The van der Waals surface area contributed by atoms with Crippen LogP contribution in [0.4, 0.5) is 4.79 Å². The molecule has 0 rings (SSSR count). The molecule has 0 aromatic heterocycles. The van der Waals surface area contributed by atoms with Crippen LogP contribution < -0.4 is 5.32 Å². The van der Waals surface area contributed by atoms with Crippen molar-refractivity contribution in [2.45, 2.75) is 44.0 Å². The van der Waals surface area contributed by atoms with Gasteiger partial charge in [-0.3, -0.25) is 4.79 Å². The predicted molar refractivity (Wildman–Crippen MR) is 58.9 cm³/mol. The lowest BCUT2D eigenvalue weighted by molar-refractivity contribution is 0.261. The molecule has 12 heavy (non-hydrogen) atoms. The van der Waals surface area contributed by atoms with Crippen molar-refractivity contribution in [1.82, 2.24) is 5.32 Å². The third-order valence-electron chi connectivity index (χ3n) is 1.58. The third-order valence-corrected chi connectivity index (χ3v) is 2.50. The van der Waals surface area contributed by atoms with Crippen LogP contribution >= 0.6 is 31.9 Å². The molecule has 0 saturated heterocycles. The molecule has 0 saturated carbocycles. The van der Waals surface area contributed by atoms with E-state index in [4.69, 9.17) is 0 Å². The Hall–Kier alpha value is 0.430. The monoisotopic (exact) mass is 299 g/mol. The Labute approximate surface area is 90.7 Å². The molecule has 0 heterocycles. The molecule has 72 valence electrons. The lowest BCUT2D eigenvalue weighted by atomic mass is 10.1. The molecule has 0 aromatic carbocycles. The van der Waals surface area contributed by atoms with E-state index >= 15 is 0 Å². The Kier molecular flexibility index (Phi) is 8.34. The molecule has 4 heteroatoms. The van der Waals surface area contributed by atoms with Gasteiger partial charge >= 0.3 is 0 Å². The second kappa shape index (κ2) is 8.05. The Balaban J connectivity index is 3.19.